The summed E-state index contributed by atoms with van der Waals surface area (Å²) in [4.78, 5) is 12.8. The van der Waals surface area contributed by atoms with Crippen molar-refractivity contribution in [2.24, 2.45) is 0 Å². The number of aromatic nitrogens is 5. The maximum Gasteiger partial charge on any atom is 0.222 e. The van der Waals surface area contributed by atoms with Crippen LogP contribution in [0.15, 0.2) is 48.9 Å². The fourth-order valence-corrected chi connectivity index (χ4v) is 2.90. The van der Waals surface area contributed by atoms with Crippen molar-refractivity contribution in [2.45, 2.75) is 19.4 Å². The number of nitrogens with one attached hydrogen (secondary N) is 2. The second kappa shape index (κ2) is 6.99. The van der Waals surface area contributed by atoms with Crippen LogP contribution in [0, 0.1) is 5.82 Å². The van der Waals surface area contributed by atoms with E-state index in [0.29, 0.717) is 23.9 Å². The van der Waals surface area contributed by atoms with Crippen molar-refractivity contribution in [3.05, 3.63) is 60.4 Å². The largest absolute Gasteiger partial charge is 0.382 e. The first-order valence-corrected chi connectivity index (χ1v) is 8.52. The van der Waals surface area contributed by atoms with Gasteiger partial charge in [0.1, 0.15) is 5.82 Å². The van der Waals surface area contributed by atoms with Crippen molar-refractivity contribution >= 4 is 22.7 Å². The molecular weight excluding hydrogens is 345 g/mol. The number of nitrogens with zero attached hydrogens (tertiary/aromatic N) is 4. The highest BCUT2D eigenvalue weighted by Crippen LogP contribution is 2.25. The number of pyridine rings is 1. The first-order valence-electron chi connectivity index (χ1n) is 8.52. The van der Waals surface area contributed by atoms with Gasteiger partial charge in [-0.25, -0.2) is 14.4 Å². The normalized spacial score (nSPS) is 12.2. The van der Waals surface area contributed by atoms with Crippen molar-refractivity contribution in [3.63, 3.8) is 0 Å². The standard InChI is InChI=1S/C19H18FN7/c1-11(7-17-15(20)3-2-6-22-17)25-19-23-9-13(10-24-19)12-4-5-16-14(8-12)18(21)27-26-16/h2-6,8-11H,7H2,1H3,(H3,21,26,27)(H,23,24,25). The Morgan fingerprint density at radius 1 is 1.15 bits per heavy atom. The summed E-state index contributed by atoms with van der Waals surface area (Å²) >= 11 is 0. The number of rotatable bonds is 5. The molecule has 0 fully saturated rings. The van der Waals surface area contributed by atoms with Gasteiger partial charge in [0.05, 0.1) is 11.2 Å². The Labute approximate surface area is 154 Å². The molecule has 0 radical (unpaired) electrons. The highest BCUT2D eigenvalue weighted by Gasteiger charge is 2.11. The van der Waals surface area contributed by atoms with Crippen LogP contribution in [-0.4, -0.2) is 31.2 Å². The lowest BCUT2D eigenvalue weighted by atomic mass is 10.1. The molecule has 0 saturated carbocycles. The SMILES string of the molecule is CC(Cc1ncccc1F)Nc1ncc(-c2ccc3[nH]nc(N)c3c2)cn1. The maximum atomic E-state index is 13.7. The Morgan fingerprint density at radius 3 is 2.74 bits per heavy atom. The highest BCUT2D eigenvalue weighted by molar-refractivity contribution is 5.92. The van der Waals surface area contributed by atoms with E-state index >= 15 is 0 Å². The van der Waals surface area contributed by atoms with E-state index in [1.54, 1.807) is 24.7 Å². The Balaban J connectivity index is 1.48. The van der Waals surface area contributed by atoms with E-state index in [4.69, 9.17) is 5.73 Å². The van der Waals surface area contributed by atoms with Gasteiger partial charge in [0.15, 0.2) is 5.82 Å². The third-order valence-corrected chi connectivity index (χ3v) is 4.29. The molecule has 4 N–H and O–H groups in total. The molecule has 1 unspecified atom stereocenters. The molecule has 3 aromatic heterocycles. The zero-order valence-corrected chi connectivity index (χ0v) is 14.6. The van der Waals surface area contributed by atoms with E-state index < -0.39 is 0 Å². The number of halogens is 1. The molecule has 4 aromatic rings. The number of H-pyrrole nitrogens is 1. The molecule has 0 amide bonds. The van der Waals surface area contributed by atoms with Gasteiger partial charge in [-0.1, -0.05) is 6.07 Å². The summed E-state index contributed by atoms with van der Waals surface area (Å²) in [6.45, 7) is 1.93. The minimum atomic E-state index is -0.309. The van der Waals surface area contributed by atoms with Crippen molar-refractivity contribution < 1.29 is 4.39 Å². The molecule has 7 nitrogen and oxygen atoms in total. The van der Waals surface area contributed by atoms with Gasteiger partial charge >= 0.3 is 0 Å². The predicted octanol–water partition coefficient (Wildman–Crippen LogP) is 3.18. The van der Waals surface area contributed by atoms with E-state index in [1.807, 2.05) is 25.1 Å². The molecule has 4 rings (SSSR count). The molecule has 0 aliphatic rings. The predicted molar refractivity (Wildman–Crippen MR) is 103 cm³/mol. The fraction of sp³-hybridized carbons (Fsp3) is 0.158. The summed E-state index contributed by atoms with van der Waals surface area (Å²) in [5.74, 6) is 0.629. The van der Waals surface area contributed by atoms with Crippen molar-refractivity contribution in [1.29, 1.82) is 0 Å². The molecule has 8 heteroatoms. The van der Waals surface area contributed by atoms with Crippen LogP contribution < -0.4 is 11.1 Å². The summed E-state index contributed by atoms with van der Waals surface area (Å²) in [6, 6.07) is 8.74. The van der Waals surface area contributed by atoms with Crippen molar-refractivity contribution in [1.82, 2.24) is 25.1 Å². The Hall–Kier alpha value is -3.55. The number of hydrogen-bond acceptors (Lipinski definition) is 6. The lowest BCUT2D eigenvalue weighted by Gasteiger charge is -2.13. The van der Waals surface area contributed by atoms with Crippen LogP contribution in [0.1, 0.15) is 12.6 Å². The van der Waals surface area contributed by atoms with E-state index in [2.05, 4.69) is 30.5 Å². The number of fused-ring (bicyclic) bond motifs is 1. The quantitative estimate of drug-likeness (QED) is 0.503. The molecule has 136 valence electrons. The van der Waals surface area contributed by atoms with Crippen LogP contribution in [0.5, 0.6) is 0 Å². The number of nitrogen functional groups attached to an aromatic ring is 1. The fourth-order valence-electron chi connectivity index (χ4n) is 2.90. The van der Waals surface area contributed by atoms with Crippen LogP contribution in [0.2, 0.25) is 0 Å². The van der Waals surface area contributed by atoms with Crippen LogP contribution in [0.4, 0.5) is 16.2 Å². The molecule has 0 spiro atoms. The average Bonchev–Trinajstić information content (AvgIpc) is 3.05. The van der Waals surface area contributed by atoms with Gasteiger partial charge in [0.2, 0.25) is 5.95 Å². The second-order valence-electron chi connectivity index (χ2n) is 6.35. The maximum absolute atomic E-state index is 13.7. The van der Waals surface area contributed by atoms with E-state index in [0.717, 1.165) is 22.0 Å². The number of aromatic amines is 1. The highest BCUT2D eigenvalue weighted by atomic mass is 19.1. The number of nitrogens with two attached hydrogens (primary N) is 1. The molecule has 1 atom stereocenters. The molecule has 0 saturated heterocycles. The number of benzene rings is 1. The number of anilines is 2. The first-order chi connectivity index (χ1) is 13.1. The molecule has 0 aliphatic carbocycles. The van der Waals surface area contributed by atoms with Gasteiger partial charge in [-0.3, -0.25) is 10.1 Å². The summed E-state index contributed by atoms with van der Waals surface area (Å²) in [5, 5.41) is 10.9. The summed E-state index contributed by atoms with van der Waals surface area (Å²) in [7, 11) is 0. The Bertz CT molecular complexity index is 1080. The average molecular weight is 363 g/mol. The molecule has 1 aromatic carbocycles. The smallest absolute Gasteiger partial charge is 0.222 e. The zero-order chi connectivity index (χ0) is 18.8. The van der Waals surface area contributed by atoms with Gasteiger partial charge in [-0.2, -0.15) is 5.10 Å². The lowest BCUT2D eigenvalue weighted by molar-refractivity contribution is 0.588. The Kier molecular flexibility index (Phi) is 4.37. The minimum Gasteiger partial charge on any atom is -0.382 e. The van der Waals surface area contributed by atoms with Gasteiger partial charge in [0, 0.05) is 42.0 Å². The monoisotopic (exact) mass is 363 g/mol. The zero-order valence-electron chi connectivity index (χ0n) is 14.6. The van der Waals surface area contributed by atoms with E-state index in [1.165, 1.54) is 6.07 Å². The van der Waals surface area contributed by atoms with Crippen LogP contribution in [-0.2, 0) is 6.42 Å². The van der Waals surface area contributed by atoms with Crippen LogP contribution >= 0.6 is 0 Å². The first kappa shape index (κ1) is 16.9. The molecular formula is C19H18FN7. The van der Waals surface area contributed by atoms with Crippen LogP contribution in [0.25, 0.3) is 22.0 Å². The number of hydrogen-bond donors (Lipinski definition) is 3. The van der Waals surface area contributed by atoms with Gasteiger partial charge in [0.25, 0.3) is 0 Å². The topological polar surface area (TPSA) is 105 Å². The van der Waals surface area contributed by atoms with Crippen LogP contribution in [0.3, 0.4) is 0 Å². The third kappa shape index (κ3) is 3.55. The molecule has 0 bridgehead atoms. The Morgan fingerprint density at radius 2 is 1.96 bits per heavy atom. The third-order valence-electron chi connectivity index (χ3n) is 4.29. The van der Waals surface area contributed by atoms with Gasteiger partial charge < -0.3 is 11.1 Å². The summed E-state index contributed by atoms with van der Waals surface area (Å²) in [5.41, 5.74) is 8.97. The summed E-state index contributed by atoms with van der Waals surface area (Å²) in [6.07, 6.45) is 5.50. The van der Waals surface area contributed by atoms with Gasteiger partial charge in [-0.15, -0.1) is 0 Å². The molecule has 3 heterocycles. The summed E-state index contributed by atoms with van der Waals surface area (Å²) < 4.78 is 13.7. The lowest BCUT2D eigenvalue weighted by Crippen LogP contribution is -2.20. The molecule has 27 heavy (non-hydrogen) atoms. The minimum absolute atomic E-state index is 0.0673. The second-order valence-corrected chi connectivity index (χ2v) is 6.35. The van der Waals surface area contributed by atoms with E-state index in [9.17, 15) is 4.39 Å². The van der Waals surface area contributed by atoms with Crippen molar-refractivity contribution in [2.75, 3.05) is 11.1 Å². The van der Waals surface area contributed by atoms with Crippen molar-refractivity contribution in [3.8, 4) is 11.1 Å². The van der Waals surface area contributed by atoms with Gasteiger partial charge in [-0.05, 0) is 36.8 Å². The van der Waals surface area contributed by atoms with E-state index in [-0.39, 0.29) is 11.9 Å². The molecule has 0 aliphatic heterocycles.